The molecule has 9 heteroatoms. The van der Waals surface area contributed by atoms with Crippen LogP contribution in [0.3, 0.4) is 0 Å². The van der Waals surface area contributed by atoms with Crippen molar-refractivity contribution >= 4 is 46.4 Å². The summed E-state index contributed by atoms with van der Waals surface area (Å²) in [5.74, 6) is -0.648. The third kappa shape index (κ3) is 5.38. The molecule has 4 rings (SSSR count). The first-order chi connectivity index (χ1) is 16.9. The van der Waals surface area contributed by atoms with Crippen molar-refractivity contribution in [2.45, 2.75) is 6.42 Å². The highest BCUT2D eigenvalue weighted by Gasteiger charge is 2.35. The Morgan fingerprint density at radius 3 is 2.11 bits per heavy atom. The van der Waals surface area contributed by atoms with Gasteiger partial charge in [-0.15, -0.1) is 0 Å². The predicted molar refractivity (Wildman–Crippen MR) is 134 cm³/mol. The first-order valence-corrected chi connectivity index (χ1v) is 11.3. The van der Waals surface area contributed by atoms with E-state index in [4.69, 9.17) is 21.1 Å². The molecular formula is C26H24ClN3O5. The smallest absolute Gasteiger partial charge is 0.255 e. The van der Waals surface area contributed by atoms with Gasteiger partial charge in [0.1, 0.15) is 11.5 Å². The predicted octanol–water partition coefficient (Wildman–Crippen LogP) is 4.60. The largest absolute Gasteiger partial charge is 0.494 e. The zero-order valence-electron chi connectivity index (χ0n) is 19.2. The molecule has 0 aliphatic carbocycles. The molecule has 8 nitrogen and oxygen atoms in total. The average molecular weight is 494 g/mol. The molecular weight excluding hydrogens is 470 g/mol. The van der Waals surface area contributed by atoms with Crippen molar-refractivity contribution in [2.24, 2.45) is 5.92 Å². The van der Waals surface area contributed by atoms with E-state index in [1.807, 2.05) is 6.07 Å². The summed E-state index contributed by atoms with van der Waals surface area (Å²) >= 11 is 5.93. The summed E-state index contributed by atoms with van der Waals surface area (Å²) < 4.78 is 10.9. The van der Waals surface area contributed by atoms with E-state index >= 15 is 0 Å². The van der Waals surface area contributed by atoms with Gasteiger partial charge in [-0.25, -0.2) is 0 Å². The van der Waals surface area contributed by atoms with Gasteiger partial charge < -0.3 is 25.0 Å². The van der Waals surface area contributed by atoms with Gasteiger partial charge in [-0.3, -0.25) is 14.4 Å². The third-order valence-electron chi connectivity index (χ3n) is 5.70. The van der Waals surface area contributed by atoms with Gasteiger partial charge in [0.2, 0.25) is 11.8 Å². The van der Waals surface area contributed by atoms with E-state index in [1.165, 1.54) is 14.2 Å². The molecule has 0 saturated carbocycles. The second-order valence-electron chi connectivity index (χ2n) is 7.94. The first-order valence-electron chi connectivity index (χ1n) is 10.9. The van der Waals surface area contributed by atoms with Crippen LogP contribution >= 0.6 is 11.6 Å². The lowest BCUT2D eigenvalue weighted by Gasteiger charge is -2.18. The van der Waals surface area contributed by atoms with Crippen molar-refractivity contribution in [2.75, 3.05) is 36.3 Å². The van der Waals surface area contributed by atoms with E-state index in [2.05, 4.69) is 10.6 Å². The van der Waals surface area contributed by atoms with Gasteiger partial charge in [-0.1, -0.05) is 29.8 Å². The van der Waals surface area contributed by atoms with Crippen LogP contribution < -0.4 is 25.0 Å². The van der Waals surface area contributed by atoms with Crippen LogP contribution in [-0.2, 0) is 9.59 Å². The fourth-order valence-corrected chi connectivity index (χ4v) is 3.99. The molecule has 1 unspecified atom stereocenters. The number of carbonyl (C=O) groups excluding carboxylic acids is 3. The van der Waals surface area contributed by atoms with E-state index in [0.29, 0.717) is 39.1 Å². The highest BCUT2D eigenvalue weighted by atomic mass is 35.5. The van der Waals surface area contributed by atoms with Crippen molar-refractivity contribution in [1.82, 2.24) is 0 Å². The molecule has 1 heterocycles. The minimum absolute atomic E-state index is 0.0825. The highest BCUT2D eigenvalue weighted by molar-refractivity contribution is 6.30. The highest BCUT2D eigenvalue weighted by Crippen LogP contribution is 2.37. The topological polar surface area (TPSA) is 97.0 Å². The van der Waals surface area contributed by atoms with Gasteiger partial charge in [-0.05, 0) is 36.4 Å². The van der Waals surface area contributed by atoms with E-state index in [-0.39, 0.29) is 30.7 Å². The maximum absolute atomic E-state index is 13.0. The fraction of sp³-hybridized carbons (Fsp3) is 0.192. The Kier molecular flexibility index (Phi) is 7.22. The number of carbonyl (C=O) groups is 3. The van der Waals surface area contributed by atoms with E-state index < -0.39 is 5.92 Å². The summed E-state index contributed by atoms with van der Waals surface area (Å²) in [6.45, 7) is 0.247. The van der Waals surface area contributed by atoms with Crippen molar-refractivity contribution in [3.05, 3.63) is 77.3 Å². The summed E-state index contributed by atoms with van der Waals surface area (Å²) in [5, 5.41) is 6.21. The number of anilines is 3. The molecule has 180 valence electrons. The van der Waals surface area contributed by atoms with E-state index in [0.717, 1.165) is 0 Å². The normalized spacial score (nSPS) is 15.0. The Morgan fingerprint density at radius 2 is 1.51 bits per heavy atom. The number of nitrogens with zero attached hydrogens (tertiary/aromatic N) is 1. The number of ether oxygens (including phenoxy) is 2. The Labute approximate surface area is 207 Å². The van der Waals surface area contributed by atoms with Gasteiger partial charge in [0.05, 0.1) is 31.5 Å². The maximum Gasteiger partial charge on any atom is 0.255 e. The molecule has 1 atom stereocenters. The molecule has 35 heavy (non-hydrogen) atoms. The molecule has 1 saturated heterocycles. The minimum atomic E-state index is -0.550. The number of benzene rings is 3. The summed E-state index contributed by atoms with van der Waals surface area (Å²) in [4.78, 5) is 39.7. The summed E-state index contributed by atoms with van der Waals surface area (Å²) in [6.07, 6.45) is 0.0825. The van der Waals surface area contributed by atoms with Crippen LogP contribution in [0.4, 0.5) is 17.1 Å². The van der Waals surface area contributed by atoms with Gasteiger partial charge in [0.25, 0.3) is 5.91 Å². The lowest BCUT2D eigenvalue weighted by molar-refractivity contribution is -0.122. The number of hydrogen-bond acceptors (Lipinski definition) is 5. The Morgan fingerprint density at radius 1 is 0.914 bits per heavy atom. The Balaban J connectivity index is 1.50. The molecule has 1 fully saturated rings. The number of hydrogen-bond donors (Lipinski definition) is 2. The fourth-order valence-electron chi connectivity index (χ4n) is 3.87. The standard InChI is InChI=1S/C26H24ClN3O5/c1-34-22-14-21(23(35-2)13-20(22)28-25(32)16-6-4-3-5-7-16)29-26(33)17-12-24(31)30(15-17)19-10-8-18(27)9-11-19/h3-11,13-14,17H,12,15H2,1-2H3,(H,28,32)(H,29,33). The lowest BCUT2D eigenvalue weighted by Crippen LogP contribution is -2.28. The SMILES string of the molecule is COc1cc(NC(=O)C2CC(=O)N(c3ccc(Cl)cc3)C2)c(OC)cc1NC(=O)c1ccccc1. The van der Waals surface area contributed by atoms with Crippen LogP contribution in [0, 0.1) is 5.92 Å². The monoisotopic (exact) mass is 493 g/mol. The lowest BCUT2D eigenvalue weighted by atomic mass is 10.1. The molecule has 0 radical (unpaired) electrons. The van der Waals surface area contributed by atoms with Crippen LogP contribution in [0.1, 0.15) is 16.8 Å². The summed E-state index contributed by atoms with van der Waals surface area (Å²) in [5.41, 5.74) is 1.93. The van der Waals surface area contributed by atoms with E-state index in [9.17, 15) is 14.4 Å². The zero-order valence-corrected chi connectivity index (χ0v) is 20.0. The number of halogens is 1. The van der Waals surface area contributed by atoms with Gasteiger partial charge >= 0.3 is 0 Å². The van der Waals surface area contributed by atoms with Crippen LogP contribution in [0.5, 0.6) is 11.5 Å². The maximum atomic E-state index is 13.0. The molecule has 3 aromatic rings. The average Bonchev–Trinajstić information content (AvgIpc) is 3.27. The van der Waals surface area contributed by atoms with Crippen LogP contribution in [0.25, 0.3) is 0 Å². The first kappa shape index (κ1) is 24.1. The molecule has 0 bridgehead atoms. The van der Waals surface area contributed by atoms with Crippen molar-refractivity contribution < 1.29 is 23.9 Å². The number of nitrogens with one attached hydrogen (secondary N) is 2. The van der Waals surface area contributed by atoms with Gasteiger partial charge in [0, 0.05) is 41.4 Å². The molecule has 1 aliphatic rings. The van der Waals surface area contributed by atoms with Crippen molar-refractivity contribution in [1.29, 1.82) is 0 Å². The van der Waals surface area contributed by atoms with E-state index in [1.54, 1.807) is 65.6 Å². The summed E-state index contributed by atoms with van der Waals surface area (Å²) in [7, 11) is 2.92. The molecule has 3 amide bonds. The minimum Gasteiger partial charge on any atom is -0.494 e. The quantitative estimate of drug-likeness (QED) is 0.501. The second-order valence-corrected chi connectivity index (χ2v) is 8.38. The van der Waals surface area contributed by atoms with Crippen LogP contribution in [0.15, 0.2) is 66.7 Å². The molecule has 0 spiro atoms. The summed E-state index contributed by atoms with van der Waals surface area (Å²) in [6, 6.07) is 18.8. The second kappa shape index (κ2) is 10.5. The molecule has 0 aromatic heterocycles. The van der Waals surface area contributed by atoms with Gasteiger partial charge in [-0.2, -0.15) is 0 Å². The molecule has 1 aliphatic heterocycles. The third-order valence-corrected chi connectivity index (χ3v) is 5.95. The van der Waals surface area contributed by atoms with Crippen LogP contribution in [0.2, 0.25) is 5.02 Å². The molecule has 2 N–H and O–H groups in total. The van der Waals surface area contributed by atoms with Crippen molar-refractivity contribution in [3.63, 3.8) is 0 Å². The number of rotatable bonds is 7. The van der Waals surface area contributed by atoms with Gasteiger partial charge in [0.15, 0.2) is 0 Å². The Hall–Kier alpha value is -4.04. The number of amides is 3. The van der Waals surface area contributed by atoms with Crippen molar-refractivity contribution in [3.8, 4) is 11.5 Å². The zero-order chi connectivity index (χ0) is 24.9. The Bertz CT molecular complexity index is 1250. The number of methoxy groups -OCH3 is 2. The van der Waals surface area contributed by atoms with Crippen LogP contribution in [-0.4, -0.2) is 38.5 Å². The molecule has 3 aromatic carbocycles.